The van der Waals surface area contributed by atoms with Crippen LogP contribution in [0.2, 0.25) is 0 Å². The van der Waals surface area contributed by atoms with Gasteiger partial charge in [-0.25, -0.2) is 0 Å². The van der Waals surface area contributed by atoms with Crippen molar-refractivity contribution < 1.29 is 22.9 Å². The first-order valence-corrected chi connectivity index (χ1v) is 11.1. The van der Waals surface area contributed by atoms with E-state index in [1.807, 2.05) is 11.9 Å². The van der Waals surface area contributed by atoms with E-state index in [0.29, 0.717) is 38.0 Å². The van der Waals surface area contributed by atoms with Crippen LogP contribution in [-0.4, -0.2) is 65.9 Å². The van der Waals surface area contributed by atoms with Crippen molar-refractivity contribution in [1.82, 2.24) is 9.80 Å². The highest BCUT2D eigenvalue weighted by molar-refractivity contribution is 5.79. The second-order valence-electron chi connectivity index (χ2n) is 9.03. The minimum absolute atomic E-state index is 0.0922. The standard InChI is InChI=1S/C22H31F3N4O3/c1-15(2)27-12-8-18(9-13-27)26(3)21(30)16-6-10-28(11-7-16)19-5-4-17(22(23,24)25)14-20(19)29(31)32/h4-5,14-16,18H,6-13H2,1-3H3. The fraction of sp³-hybridized carbons (Fsp3) is 0.682. The molecule has 2 saturated heterocycles. The molecule has 0 spiro atoms. The first-order valence-electron chi connectivity index (χ1n) is 11.1. The van der Waals surface area contributed by atoms with Gasteiger partial charge >= 0.3 is 6.18 Å². The van der Waals surface area contributed by atoms with Crippen LogP contribution in [0.15, 0.2) is 18.2 Å². The first kappa shape index (κ1) is 24.3. The van der Waals surface area contributed by atoms with Crippen LogP contribution in [0.5, 0.6) is 0 Å². The van der Waals surface area contributed by atoms with Gasteiger partial charge in [-0.15, -0.1) is 0 Å². The molecule has 0 radical (unpaired) electrons. The van der Waals surface area contributed by atoms with Crippen molar-refractivity contribution >= 4 is 17.3 Å². The molecule has 3 rings (SSSR count). The van der Waals surface area contributed by atoms with Crippen molar-refractivity contribution in [2.24, 2.45) is 5.92 Å². The smallest absolute Gasteiger partial charge is 0.366 e. The number of hydrogen-bond acceptors (Lipinski definition) is 5. The molecule has 10 heteroatoms. The Balaban J connectivity index is 1.61. The Bertz CT molecular complexity index is 830. The monoisotopic (exact) mass is 456 g/mol. The molecule has 2 fully saturated rings. The van der Waals surface area contributed by atoms with E-state index in [1.54, 1.807) is 4.90 Å². The molecule has 2 heterocycles. The minimum Gasteiger partial charge on any atom is -0.366 e. The molecule has 178 valence electrons. The molecule has 0 aromatic heterocycles. The van der Waals surface area contributed by atoms with Crippen LogP contribution in [0.4, 0.5) is 24.5 Å². The van der Waals surface area contributed by atoms with Crippen LogP contribution >= 0.6 is 0 Å². The SMILES string of the molecule is CC(C)N1CCC(N(C)C(=O)C2CCN(c3ccc(C(F)(F)F)cc3[N+](=O)[O-])CC2)CC1. The summed E-state index contributed by atoms with van der Waals surface area (Å²) in [5.74, 6) is -0.0811. The molecule has 0 aliphatic carbocycles. The molecule has 0 N–H and O–H groups in total. The second-order valence-corrected chi connectivity index (χ2v) is 9.03. The molecule has 0 saturated carbocycles. The number of carbonyl (C=O) groups is 1. The number of hydrogen-bond donors (Lipinski definition) is 0. The van der Waals surface area contributed by atoms with Crippen molar-refractivity contribution in [2.45, 2.75) is 57.8 Å². The summed E-state index contributed by atoms with van der Waals surface area (Å²) in [4.78, 5) is 29.6. The zero-order valence-electron chi connectivity index (χ0n) is 18.8. The van der Waals surface area contributed by atoms with Crippen LogP contribution in [0, 0.1) is 16.0 Å². The summed E-state index contributed by atoms with van der Waals surface area (Å²) < 4.78 is 38.9. The van der Waals surface area contributed by atoms with Gasteiger partial charge in [0.2, 0.25) is 5.91 Å². The van der Waals surface area contributed by atoms with Gasteiger partial charge in [0.1, 0.15) is 5.69 Å². The number of nitro benzene ring substituents is 1. The van der Waals surface area contributed by atoms with Crippen LogP contribution in [-0.2, 0) is 11.0 Å². The van der Waals surface area contributed by atoms with E-state index in [-0.39, 0.29) is 23.6 Å². The quantitative estimate of drug-likeness (QED) is 0.492. The van der Waals surface area contributed by atoms with E-state index in [2.05, 4.69) is 18.7 Å². The van der Waals surface area contributed by atoms with Crippen LogP contribution in [0.3, 0.4) is 0 Å². The Morgan fingerprint density at radius 3 is 2.22 bits per heavy atom. The molecule has 0 bridgehead atoms. The summed E-state index contributed by atoms with van der Waals surface area (Å²) >= 11 is 0. The molecular weight excluding hydrogens is 425 g/mol. The predicted molar refractivity (Wildman–Crippen MR) is 116 cm³/mol. The highest BCUT2D eigenvalue weighted by Crippen LogP contribution is 2.38. The summed E-state index contributed by atoms with van der Waals surface area (Å²) in [7, 11) is 1.85. The Kier molecular flexibility index (Phi) is 7.32. The number of nitrogens with zero attached hydrogens (tertiary/aromatic N) is 4. The fourth-order valence-electron chi connectivity index (χ4n) is 4.74. The van der Waals surface area contributed by atoms with Crippen LogP contribution in [0.25, 0.3) is 0 Å². The van der Waals surface area contributed by atoms with Gasteiger partial charge in [0.05, 0.1) is 10.5 Å². The highest BCUT2D eigenvalue weighted by Gasteiger charge is 2.36. The lowest BCUT2D eigenvalue weighted by atomic mass is 9.93. The number of anilines is 1. The normalized spacial score (nSPS) is 19.4. The number of rotatable bonds is 5. The molecule has 1 aromatic rings. The zero-order valence-corrected chi connectivity index (χ0v) is 18.8. The maximum absolute atomic E-state index is 13.0. The van der Waals surface area contributed by atoms with Crippen molar-refractivity contribution in [3.8, 4) is 0 Å². The van der Waals surface area contributed by atoms with Crippen molar-refractivity contribution in [3.05, 3.63) is 33.9 Å². The third-order valence-electron chi connectivity index (χ3n) is 6.81. The van der Waals surface area contributed by atoms with Gasteiger partial charge in [0, 0.05) is 57.3 Å². The number of amides is 1. The van der Waals surface area contributed by atoms with E-state index >= 15 is 0 Å². The molecule has 1 amide bonds. The molecule has 0 unspecified atom stereocenters. The predicted octanol–water partition coefficient (Wildman–Crippen LogP) is 4.16. The maximum atomic E-state index is 13.0. The fourth-order valence-corrected chi connectivity index (χ4v) is 4.74. The Morgan fingerprint density at radius 1 is 1.12 bits per heavy atom. The molecule has 32 heavy (non-hydrogen) atoms. The molecule has 2 aliphatic heterocycles. The Labute approximate surface area is 186 Å². The number of piperidine rings is 2. The van der Waals surface area contributed by atoms with Crippen LogP contribution < -0.4 is 4.90 Å². The van der Waals surface area contributed by atoms with Crippen LogP contribution in [0.1, 0.15) is 45.1 Å². The number of nitro groups is 1. The molecule has 1 aromatic carbocycles. The summed E-state index contributed by atoms with van der Waals surface area (Å²) in [5.41, 5.74) is -1.43. The second kappa shape index (κ2) is 9.64. The van der Waals surface area contributed by atoms with Gasteiger partial charge in [0.25, 0.3) is 5.69 Å². The van der Waals surface area contributed by atoms with E-state index in [4.69, 9.17) is 0 Å². The van der Waals surface area contributed by atoms with E-state index in [1.165, 1.54) is 0 Å². The summed E-state index contributed by atoms with van der Waals surface area (Å²) in [6.45, 7) is 7.06. The largest absolute Gasteiger partial charge is 0.416 e. The number of halogens is 3. The average Bonchev–Trinajstić information content (AvgIpc) is 2.77. The molecule has 0 atom stereocenters. The van der Waals surface area contributed by atoms with E-state index < -0.39 is 22.4 Å². The first-order chi connectivity index (χ1) is 15.0. The topological polar surface area (TPSA) is 69.9 Å². The van der Waals surface area contributed by atoms with Gasteiger partial charge in [-0.05, 0) is 51.7 Å². The highest BCUT2D eigenvalue weighted by atomic mass is 19.4. The number of likely N-dealkylation sites (tertiary alicyclic amines) is 1. The lowest BCUT2D eigenvalue weighted by Crippen LogP contribution is -2.50. The van der Waals surface area contributed by atoms with Crippen molar-refractivity contribution in [3.63, 3.8) is 0 Å². The van der Waals surface area contributed by atoms with Gasteiger partial charge in [-0.1, -0.05) is 0 Å². The zero-order chi connectivity index (χ0) is 23.6. The number of alkyl halides is 3. The van der Waals surface area contributed by atoms with Gasteiger partial charge in [-0.2, -0.15) is 13.2 Å². The molecule has 7 nitrogen and oxygen atoms in total. The Morgan fingerprint density at radius 2 is 1.72 bits per heavy atom. The molecular formula is C22H31F3N4O3. The summed E-state index contributed by atoms with van der Waals surface area (Å²) in [5, 5.41) is 11.4. The lowest BCUT2D eigenvalue weighted by Gasteiger charge is -2.40. The van der Waals surface area contributed by atoms with Gasteiger partial charge in [0.15, 0.2) is 0 Å². The number of carbonyl (C=O) groups excluding carboxylic acids is 1. The maximum Gasteiger partial charge on any atom is 0.416 e. The average molecular weight is 457 g/mol. The van der Waals surface area contributed by atoms with Crippen molar-refractivity contribution in [2.75, 3.05) is 38.1 Å². The van der Waals surface area contributed by atoms with E-state index in [9.17, 15) is 28.1 Å². The third kappa shape index (κ3) is 5.33. The lowest BCUT2D eigenvalue weighted by molar-refractivity contribution is -0.384. The van der Waals surface area contributed by atoms with Gasteiger partial charge in [-0.3, -0.25) is 14.9 Å². The third-order valence-corrected chi connectivity index (χ3v) is 6.81. The Hall–Kier alpha value is -2.36. The van der Waals surface area contributed by atoms with Gasteiger partial charge < -0.3 is 14.7 Å². The van der Waals surface area contributed by atoms with Crippen molar-refractivity contribution in [1.29, 1.82) is 0 Å². The minimum atomic E-state index is -4.64. The summed E-state index contributed by atoms with van der Waals surface area (Å²) in [6, 6.07) is 3.33. The number of benzene rings is 1. The molecule has 2 aliphatic rings. The summed E-state index contributed by atoms with van der Waals surface area (Å²) in [6.07, 6.45) is -1.72. The van der Waals surface area contributed by atoms with E-state index in [0.717, 1.165) is 38.1 Å².